The average Bonchev–Trinajstić information content (AvgIpc) is 3.42. The molecule has 3 rings (SSSR count). The van der Waals surface area contributed by atoms with E-state index in [1.165, 1.54) is 0 Å². The lowest BCUT2D eigenvalue weighted by atomic mass is 9.89. The van der Waals surface area contributed by atoms with Crippen LogP contribution in [0.5, 0.6) is 0 Å². The number of carbonyl (C=O) groups excluding carboxylic acids is 2. The van der Waals surface area contributed by atoms with E-state index in [1.807, 2.05) is 24.3 Å². The van der Waals surface area contributed by atoms with Crippen LogP contribution in [-0.4, -0.2) is 40.9 Å². The highest BCUT2D eigenvalue weighted by Crippen LogP contribution is 2.29. The quantitative estimate of drug-likeness (QED) is 0.774. The van der Waals surface area contributed by atoms with Crippen molar-refractivity contribution in [3.8, 4) is 0 Å². The maximum atomic E-state index is 12.4. The van der Waals surface area contributed by atoms with Crippen molar-refractivity contribution < 1.29 is 19.5 Å². The number of nitrogens with one attached hydrogen (secondary N) is 1. The van der Waals surface area contributed by atoms with E-state index in [1.54, 1.807) is 4.90 Å². The number of benzene rings is 1. The van der Waals surface area contributed by atoms with Crippen LogP contribution in [0.15, 0.2) is 24.3 Å². The average molecular weight is 330 g/mol. The number of carboxylic acid groups (broad SMARTS) is 1. The van der Waals surface area contributed by atoms with Gasteiger partial charge in [-0.3, -0.25) is 14.4 Å². The minimum Gasteiger partial charge on any atom is -0.481 e. The first-order valence-electron chi connectivity index (χ1n) is 8.42. The number of nitrogens with zero attached hydrogens (tertiary/aromatic N) is 1. The zero-order valence-corrected chi connectivity index (χ0v) is 13.5. The highest BCUT2D eigenvalue weighted by atomic mass is 16.4. The molecule has 1 heterocycles. The Bertz CT molecular complexity index is 654. The summed E-state index contributed by atoms with van der Waals surface area (Å²) < 4.78 is 0. The van der Waals surface area contributed by atoms with E-state index in [-0.39, 0.29) is 24.3 Å². The highest BCUT2D eigenvalue weighted by molar-refractivity contribution is 5.82. The summed E-state index contributed by atoms with van der Waals surface area (Å²) in [6.45, 7) is 1.15. The van der Waals surface area contributed by atoms with Crippen molar-refractivity contribution in [1.82, 2.24) is 10.2 Å². The zero-order valence-electron chi connectivity index (χ0n) is 13.5. The van der Waals surface area contributed by atoms with Crippen molar-refractivity contribution in [2.24, 2.45) is 5.92 Å². The topological polar surface area (TPSA) is 86.7 Å². The Morgan fingerprint density at radius 1 is 1.21 bits per heavy atom. The van der Waals surface area contributed by atoms with Crippen LogP contribution in [0.1, 0.15) is 42.7 Å². The maximum Gasteiger partial charge on any atom is 0.312 e. The van der Waals surface area contributed by atoms with Crippen LogP contribution in [0.3, 0.4) is 0 Å². The number of carboxylic acids is 1. The molecule has 128 valence electrons. The third kappa shape index (κ3) is 3.75. The molecule has 1 saturated carbocycles. The van der Waals surface area contributed by atoms with Crippen LogP contribution in [0.4, 0.5) is 0 Å². The second-order valence-electron chi connectivity index (χ2n) is 6.53. The van der Waals surface area contributed by atoms with Crippen LogP contribution >= 0.6 is 0 Å². The summed E-state index contributed by atoms with van der Waals surface area (Å²) in [6.07, 6.45) is 2.83. The molecule has 0 spiro atoms. The molecule has 1 aromatic rings. The number of hydrogen-bond acceptors (Lipinski definition) is 3. The van der Waals surface area contributed by atoms with E-state index in [4.69, 9.17) is 0 Å². The van der Waals surface area contributed by atoms with Crippen LogP contribution in [0, 0.1) is 5.92 Å². The molecule has 0 radical (unpaired) electrons. The van der Waals surface area contributed by atoms with Gasteiger partial charge < -0.3 is 15.3 Å². The fraction of sp³-hybridized carbons (Fsp3) is 0.500. The number of amides is 2. The van der Waals surface area contributed by atoms with E-state index < -0.39 is 11.9 Å². The first-order chi connectivity index (χ1) is 11.6. The van der Waals surface area contributed by atoms with Gasteiger partial charge in [-0.25, -0.2) is 0 Å². The van der Waals surface area contributed by atoms with Crippen molar-refractivity contribution in [1.29, 1.82) is 0 Å². The second kappa shape index (κ2) is 7.03. The van der Waals surface area contributed by atoms with Crippen LogP contribution in [-0.2, 0) is 20.9 Å². The molecular weight excluding hydrogens is 308 g/mol. The van der Waals surface area contributed by atoms with E-state index in [0.29, 0.717) is 25.9 Å². The van der Waals surface area contributed by atoms with Gasteiger partial charge in [-0.15, -0.1) is 0 Å². The van der Waals surface area contributed by atoms with E-state index in [0.717, 1.165) is 24.0 Å². The summed E-state index contributed by atoms with van der Waals surface area (Å²) in [7, 11) is 0. The minimum absolute atomic E-state index is 0.0589. The Balaban J connectivity index is 1.53. The lowest BCUT2D eigenvalue weighted by Gasteiger charge is -2.33. The summed E-state index contributed by atoms with van der Waals surface area (Å²) in [5.41, 5.74) is 1.69. The Hall–Kier alpha value is -2.37. The van der Waals surface area contributed by atoms with Crippen molar-refractivity contribution in [2.75, 3.05) is 13.1 Å². The van der Waals surface area contributed by atoms with Crippen LogP contribution in [0.2, 0.25) is 0 Å². The molecule has 1 fully saturated rings. The van der Waals surface area contributed by atoms with Gasteiger partial charge in [0.05, 0.1) is 5.92 Å². The molecule has 6 nitrogen and oxygen atoms in total. The molecule has 0 bridgehead atoms. The highest BCUT2D eigenvalue weighted by Gasteiger charge is 2.32. The largest absolute Gasteiger partial charge is 0.481 e. The predicted octanol–water partition coefficient (Wildman–Crippen LogP) is 1.50. The Labute approximate surface area is 140 Å². The van der Waals surface area contributed by atoms with Gasteiger partial charge in [-0.1, -0.05) is 24.3 Å². The van der Waals surface area contributed by atoms with Crippen LogP contribution < -0.4 is 5.32 Å². The fourth-order valence-corrected chi connectivity index (χ4v) is 3.11. The van der Waals surface area contributed by atoms with E-state index >= 15 is 0 Å². The molecule has 24 heavy (non-hydrogen) atoms. The van der Waals surface area contributed by atoms with E-state index in [9.17, 15) is 19.5 Å². The zero-order chi connectivity index (χ0) is 17.1. The van der Waals surface area contributed by atoms with Gasteiger partial charge in [-0.2, -0.15) is 0 Å². The van der Waals surface area contributed by atoms with Gasteiger partial charge in [0, 0.05) is 32.0 Å². The van der Waals surface area contributed by atoms with E-state index in [2.05, 4.69) is 5.32 Å². The van der Waals surface area contributed by atoms with Gasteiger partial charge >= 0.3 is 5.97 Å². The first-order valence-corrected chi connectivity index (χ1v) is 8.42. The molecule has 6 heteroatoms. The standard InChI is InChI=1S/C18H22N2O4/c21-16(6-3-9-19-17(22)12-7-8-12)20-10-13-4-1-2-5-14(13)15(11-20)18(23)24/h1-2,4-5,12,15H,3,6-11H2,(H,19,22)(H,23,24). The molecule has 1 atom stereocenters. The van der Waals surface area contributed by atoms with Gasteiger partial charge in [-0.05, 0) is 30.4 Å². The van der Waals surface area contributed by atoms with Crippen molar-refractivity contribution in [2.45, 2.75) is 38.1 Å². The molecule has 1 unspecified atom stereocenters. The van der Waals surface area contributed by atoms with Gasteiger partial charge in [0.2, 0.25) is 11.8 Å². The third-order valence-electron chi connectivity index (χ3n) is 4.66. The molecule has 1 aromatic carbocycles. The maximum absolute atomic E-state index is 12.4. The lowest BCUT2D eigenvalue weighted by molar-refractivity contribution is -0.141. The number of aliphatic carboxylic acids is 1. The Morgan fingerprint density at radius 3 is 2.67 bits per heavy atom. The summed E-state index contributed by atoms with van der Waals surface area (Å²) in [5.74, 6) is -1.38. The minimum atomic E-state index is -0.906. The van der Waals surface area contributed by atoms with Crippen molar-refractivity contribution in [3.05, 3.63) is 35.4 Å². The molecule has 2 amide bonds. The molecule has 0 saturated heterocycles. The van der Waals surface area contributed by atoms with Crippen molar-refractivity contribution in [3.63, 3.8) is 0 Å². The summed E-state index contributed by atoms with van der Waals surface area (Å²) in [4.78, 5) is 37.0. The summed E-state index contributed by atoms with van der Waals surface area (Å²) in [6, 6.07) is 7.39. The smallest absolute Gasteiger partial charge is 0.312 e. The molecular formula is C18H22N2O4. The Kier molecular flexibility index (Phi) is 4.83. The first kappa shape index (κ1) is 16.5. The summed E-state index contributed by atoms with van der Waals surface area (Å²) in [5, 5.41) is 12.3. The predicted molar refractivity (Wildman–Crippen MR) is 87.2 cm³/mol. The molecule has 1 aliphatic heterocycles. The summed E-state index contributed by atoms with van der Waals surface area (Å²) >= 11 is 0. The molecule has 2 N–H and O–H groups in total. The van der Waals surface area contributed by atoms with Gasteiger partial charge in [0.15, 0.2) is 0 Å². The number of fused-ring (bicyclic) bond motifs is 1. The third-order valence-corrected chi connectivity index (χ3v) is 4.66. The Morgan fingerprint density at radius 2 is 1.96 bits per heavy atom. The molecule has 0 aromatic heterocycles. The second-order valence-corrected chi connectivity index (χ2v) is 6.53. The number of carbonyl (C=O) groups is 3. The monoisotopic (exact) mass is 330 g/mol. The molecule has 2 aliphatic rings. The SMILES string of the molecule is O=C(NCCCC(=O)N1Cc2ccccc2C(C(=O)O)C1)C1CC1. The van der Waals surface area contributed by atoms with Gasteiger partial charge in [0.25, 0.3) is 0 Å². The normalized spacial score (nSPS) is 19.5. The number of rotatable bonds is 6. The number of hydrogen-bond donors (Lipinski definition) is 2. The lowest BCUT2D eigenvalue weighted by Crippen LogP contribution is -2.40. The van der Waals surface area contributed by atoms with Crippen LogP contribution in [0.25, 0.3) is 0 Å². The van der Waals surface area contributed by atoms with Gasteiger partial charge in [0.1, 0.15) is 0 Å². The van der Waals surface area contributed by atoms with Crippen molar-refractivity contribution >= 4 is 17.8 Å². The molecule has 1 aliphatic carbocycles. The fourth-order valence-electron chi connectivity index (χ4n) is 3.11.